The first-order valence-corrected chi connectivity index (χ1v) is 3.92. The van der Waals surface area contributed by atoms with Crippen molar-refractivity contribution in [2.24, 2.45) is 0 Å². The molecule has 0 amide bonds. The van der Waals surface area contributed by atoms with Crippen molar-refractivity contribution in [3.05, 3.63) is 23.8 Å². The van der Waals surface area contributed by atoms with Crippen molar-refractivity contribution in [2.75, 3.05) is 0 Å². The van der Waals surface area contributed by atoms with Gasteiger partial charge in [0.2, 0.25) is 0 Å². The molecule has 0 bridgehead atoms. The molecule has 1 aromatic carbocycles. The quantitative estimate of drug-likeness (QED) is 0.406. The van der Waals surface area contributed by atoms with Gasteiger partial charge < -0.3 is 20.4 Å². The van der Waals surface area contributed by atoms with Crippen LogP contribution in [-0.4, -0.2) is 62.1 Å². The zero-order valence-corrected chi connectivity index (χ0v) is 7.21. The summed E-state index contributed by atoms with van der Waals surface area (Å²) in [4.78, 5) is 10.3. The van der Waals surface area contributed by atoms with E-state index in [1.807, 2.05) is 0 Å². The molecule has 5 nitrogen and oxygen atoms in total. The van der Waals surface area contributed by atoms with Crippen LogP contribution in [0.25, 0.3) is 0 Å². The zero-order chi connectivity index (χ0) is 10.7. The second-order valence-electron chi connectivity index (χ2n) is 2.88. The van der Waals surface area contributed by atoms with Crippen LogP contribution in [-0.2, 0) is 11.2 Å². The zero-order valence-electron chi connectivity index (χ0n) is 7.21. The Hall–Kier alpha value is -0.750. The fraction of sp³-hybridized carbons (Fsp3) is 0.222. The molecular formula is C9H11NaO5. The van der Waals surface area contributed by atoms with Gasteiger partial charge in [-0.3, -0.25) is 0 Å². The van der Waals surface area contributed by atoms with Crippen molar-refractivity contribution in [2.45, 2.75) is 12.5 Å². The first-order valence-electron chi connectivity index (χ1n) is 3.92. The van der Waals surface area contributed by atoms with E-state index >= 15 is 0 Å². The molecule has 0 radical (unpaired) electrons. The minimum atomic E-state index is -1.50. The van der Waals surface area contributed by atoms with Gasteiger partial charge in [-0.2, -0.15) is 0 Å². The van der Waals surface area contributed by atoms with Gasteiger partial charge in [0.25, 0.3) is 0 Å². The van der Waals surface area contributed by atoms with Crippen molar-refractivity contribution in [1.82, 2.24) is 0 Å². The molecule has 1 unspecified atom stereocenters. The summed E-state index contributed by atoms with van der Waals surface area (Å²) in [6, 6.07) is 3.88. The van der Waals surface area contributed by atoms with Crippen LogP contribution in [0.2, 0.25) is 0 Å². The van der Waals surface area contributed by atoms with E-state index in [0.29, 0.717) is 5.56 Å². The normalized spacial score (nSPS) is 11.5. The third kappa shape index (κ3) is 4.09. The number of aliphatic carboxylic acids is 1. The summed E-state index contributed by atoms with van der Waals surface area (Å²) in [5, 5.41) is 35.4. The Labute approximate surface area is 108 Å². The molecule has 0 fully saturated rings. The van der Waals surface area contributed by atoms with Crippen LogP contribution in [0, 0.1) is 0 Å². The molecule has 15 heavy (non-hydrogen) atoms. The third-order valence-electron chi connectivity index (χ3n) is 1.75. The van der Waals surface area contributed by atoms with Gasteiger partial charge in [0.15, 0.2) is 17.6 Å². The average Bonchev–Trinajstić information content (AvgIpc) is 2.11. The molecule has 1 atom stereocenters. The summed E-state index contributed by atoms with van der Waals surface area (Å²) in [6.45, 7) is 0. The number of phenolic OH excluding ortho intramolecular Hbond substituents is 2. The summed E-state index contributed by atoms with van der Waals surface area (Å²) in [7, 11) is 0. The molecule has 78 valence electrons. The van der Waals surface area contributed by atoms with E-state index in [1.54, 1.807) is 0 Å². The standard InChI is InChI=1S/C9H10O5.Na.H/c10-6-2-1-5(3-7(6)11)4-8(12)9(13)14;;/h1-3,8,10-12H,4H2,(H,13,14);;. The van der Waals surface area contributed by atoms with Gasteiger partial charge in [-0.25, -0.2) is 4.79 Å². The van der Waals surface area contributed by atoms with E-state index in [2.05, 4.69) is 0 Å². The maximum absolute atomic E-state index is 10.3. The second kappa shape index (κ2) is 5.97. The van der Waals surface area contributed by atoms with Gasteiger partial charge in [-0.05, 0) is 17.7 Å². The van der Waals surface area contributed by atoms with Crippen molar-refractivity contribution < 1.29 is 25.2 Å². The van der Waals surface area contributed by atoms with Crippen LogP contribution in [0.1, 0.15) is 5.56 Å². The molecule has 0 saturated heterocycles. The molecule has 0 aliphatic rings. The van der Waals surface area contributed by atoms with Crippen molar-refractivity contribution in [3.63, 3.8) is 0 Å². The number of carboxylic acids is 1. The first-order chi connectivity index (χ1) is 6.50. The Kier molecular flexibility index (Phi) is 5.67. The van der Waals surface area contributed by atoms with E-state index in [1.165, 1.54) is 18.2 Å². The Morgan fingerprint density at radius 3 is 2.33 bits per heavy atom. The molecular weight excluding hydrogens is 211 g/mol. The molecule has 1 aromatic rings. The van der Waals surface area contributed by atoms with Crippen LogP contribution in [0.5, 0.6) is 11.5 Å². The number of aliphatic hydroxyl groups is 1. The predicted molar refractivity (Wildman–Crippen MR) is 54.3 cm³/mol. The number of aromatic hydroxyl groups is 2. The molecule has 6 heteroatoms. The van der Waals surface area contributed by atoms with Crippen molar-refractivity contribution >= 4 is 35.5 Å². The van der Waals surface area contributed by atoms with Gasteiger partial charge in [-0.1, -0.05) is 6.07 Å². The molecule has 4 N–H and O–H groups in total. The van der Waals surface area contributed by atoms with Gasteiger partial charge >= 0.3 is 35.5 Å². The van der Waals surface area contributed by atoms with E-state index in [4.69, 9.17) is 20.4 Å². The molecule has 0 aromatic heterocycles. The third-order valence-corrected chi connectivity index (χ3v) is 1.75. The van der Waals surface area contributed by atoms with Gasteiger partial charge in [0, 0.05) is 6.42 Å². The van der Waals surface area contributed by atoms with E-state index in [0.717, 1.165) is 0 Å². The Morgan fingerprint density at radius 2 is 1.87 bits per heavy atom. The van der Waals surface area contributed by atoms with Crippen LogP contribution in [0.15, 0.2) is 18.2 Å². The molecule has 0 saturated carbocycles. The van der Waals surface area contributed by atoms with Crippen LogP contribution < -0.4 is 0 Å². The van der Waals surface area contributed by atoms with E-state index in [9.17, 15) is 4.79 Å². The number of carboxylic acid groups (broad SMARTS) is 1. The monoisotopic (exact) mass is 222 g/mol. The van der Waals surface area contributed by atoms with Gasteiger partial charge in [-0.15, -0.1) is 0 Å². The van der Waals surface area contributed by atoms with Crippen LogP contribution in [0.4, 0.5) is 0 Å². The molecule has 1 rings (SSSR count). The number of benzene rings is 1. The van der Waals surface area contributed by atoms with Crippen LogP contribution in [0.3, 0.4) is 0 Å². The Balaban J connectivity index is 0.00000196. The SMILES string of the molecule is O=C(O)C(O)Cc1ccc(O)c(O)c1.[NaH]. The maximum atomic E-state index is 10.3. The fourth-order valence-electron chi connectivity index (χ4n) is 1.01. The summed E-state index contributed by atoms with van der Waals surface area (Å²) in [6.07, 6.45) is -1.61. The number of rotatable bonds is 3. The molecule has 0 heterocycles. The van der Waals surface area contributed by atoms with Gasteiger partial charge in [0.05, 0.1) is 0 Å². The summed E-state index contributed by atoms with van der Waals surface area (Å²) in [5.41, 5.74) is 0.440. The number of phenols is 2. The van der Waals surface area contributed by atoms with E-state index < -0.39 is 12.1 Å². The van der Waals surface area contributed by atoms with Crippen LogP contribution >= 0.6 is 0 Å². The number of carbonyl (C=O) groups is 1. The second-order valence-corrected chi connectivity index (χ2v) is 2.88. The van der Waals surface area contributed by atoms with Crippen molar-refractivity contribution in [3.8, 4) is 11.5 Å². The average molecular weight is 222 g/mol. The predicted octanol–water partition coefficient (Wildman–Crippen LogP) is -0.563. The molecule has 0 spiro atoms. The minimum absolute atomic E-state index is 0. The first kappa shape index (κ1) is 14.2. The summed E-state index contributed by atoms with van der Waals surface area (Å²) >= 11 is 0. The van der Waals surface area contributed by atoms with Gasteiger partial charge in [0.1, 0.15) is 0 Å². The Morgan fingerprint density at radius 1 is 1.27 bits per heavy atom. The molecule has 0 aliphatic heterocycles. The summed E-state index contributed by atoms with van der Waals surface area (Å²) < 4.78 is 0. The topological polar surface area (TPSA) is 98.0 Å². The van der Waals surface area contributed by atoms with Crippen molar-refractivity contribution in [1.29, 1.82) is 0 Å². The number of aliphatic hydroxyl groups excluding tert-OH is 1. The van der Waals surface area contributed by atoms with E-state index in [-0.39, 0.29) is 47.5 Å². The number of hydrogen-bond donors (Lipinski definition) is 4. The molecule has 0 aliphatic carbocycles. The fourth-order valence-corrected chi connectivity index (χ4v) is 1.01. The summed E-state index contributed by atoms with van der Waals surface area (Å²) in [5.74, 6) is -1.93. The Bertz CT molecular complexity index is 352. The number of hydrogen-bond acceptors (Lipinski definition) is 4.